The van der Waals surface area contributed by atoms with Gasteiger partial charge in [0.2, 0.25) is 0 Å². The molecule has 0 amide bonds. The maximum Gasteiger partial charge on any atom is -0.0148 e. The van der Waals surface area contributed by atoms with Crippen molar-refractivity contribution >= 4 is 43.1 Å². The molecule has 0 N–H and O–H groups in total. The van der Waals surface area contributed by atoms with Crippen LogP contribution in [0.25, 0.3) is 43.1 Å². The number of hydrogen-bond acceptors (Lipinski definition) is 0. The van der Waals surface area contributed by atoms with Gasteiger partial charge in [0.05, 0.1) is 0 Å². The summed E-state index contributed by atoms with van der Waals surface area (Å²) in [5.74, 6) is 0. The zero-order chi connectivity index (χ0) is 20.5. The van der Waals surface area contributed by atoms with E-state index in [9.17, 15) is 0 Å². The van der Waals surface area contributed by atoms with E-state index in [1.165, 1.54) is 54.2 Å². The van der Waals surface area contributed by atoms with Gasteiger partial charge >= 0.3 is 0 Å². The van der Waals surface area contributed by atoms with Crippen LogP contribution in [0.3, 0.4) is 0 Å². The molecule has 0 radical (unpaired) electrons. The summed E-state index contributed by atoms with van der Waals surface area (Å²) in [6, 6.07) is 38.9. The van der Waals surface area contributed by atoms with Gasteiger partial charge in [0, 0.05) is 0 Å². The van der Waals surface area contributed by atoms with Gasteiger partial charge in [-0.25, -0.2) is 0 Å². The molecule has 0 aromatic heterocycles. The number of fused-ring (bicyclic) bond motifs is 4. The van der Waals surface area contributed by atoms with Gasteiger partial charge in [-0.2, -0.15) is 0 Å². The van der Waals surface area contributed by atoms with E-state index in [4.69, 9.17) is 0 Å². The second kappa shape index (κ2) is 7.65. The van der Waals surface area contributed by atoms with E-state index in [0.29, 0.717) is 0 Å². The van der Waals surface area contributed by atoms with E-state index in [0.717, 1.165) is 0 Å². The van der Waals surface area contributed by atoms with Crippen molar-refractivity contribution in [3.63, 3.8) is 0 Å². The second-order valence-electron chi connectivity index (χ2n) is 7.94. The first-order chi connectivity index (χ1) is 14.7. The Bertz CT molecular complexity index is 1430. The van der Waals surface area contributed by atoms with Gasteiger partial charge in [-0.15, -0.1) is 0 Å². The Morgan fingerprint density at radius 3 is 1.43 bits per heavy atom. The molecule has 0 heterocycles. The third-order valence-corrected chi connectivity index (χ3v) is 6.01. The third kappa shape index (κ3) is 3.31. The lowest BCUT2D eigenvalue weighted by atomic mass is 9.98. The molecule has 0 fully saturated rings. The van der Waals surface area contributed by atoms with Crippen LogP contribution in [0.1, 0.15) is 11.1 Å². The van der Waals surface area contributed by atoms with Crippen molar-refractivity contribution < 1.29 is 0 Å². The number of hydrogen-bond donors (Lipinski definition) is 0. The van der Waals surface area contributed by atoms with Crippen molar-refractivity contribution in [2.75, 3.05) is 0 Å². The summed E-state index contributed by atoms with van der Waals surface area (Å²) in [5, 5.41) is 10.7. The monoisotopic (exact) mass is 384 g/mol. The van der Waals surface area contributed by atoms with Crippen molar-refractivity contribution in [3.05, 3.63) is 120 Å². The lowest BCUT2D eigenvalue weighted by molar-refractivity contribution is 1.54. The Morgan fingerprint density at radius 1 is 0.367 bits per heavy atom. The summed E-state index contributed by atoms with van der Waals surface area (Å²) in [6.07, 6.45) is 0. The lowest BCUT2D eigenvalue weighted by Gasteiger charge is -2.06. The van der Waals surface area contributed by atoms with Gasteiger partial charge < -0.3 is 0 Å². The number of benzene rings is 6. The lowest BCUT2D eigenvalue weighted by Crippen LogP contribution is -1.81. The first-order valence-corrected chi connectivity index (χ1v) is 10.5. The molecule has 0 aliphatic heterocycles. The molecule has 0 aliphatic carbocycles. The Morgan fingerprint density at radius 2 is 0.800 bits per heavy atom. The zero-order valence-electron chi connectivity index (χ0n) is 17.4. The van der Waals surface area contributed by atoms with Crippen molar-refractivity contribution in [2.45, 2.75) is 13.8 Å². The highest BCUT2D eigenvalue weighted by atomic mass is 14.1. The molecular weight excluding hydrogens is 360 g/mol. The first kappa shape index (κ1) is 18.4. The molecule has 144 valence electrons. The van der Waals surface area contributed by atoms with Crippen molar-refractivity contribution in [1.29, 1.82) is 0 Å². The van der Waals surface area contributed by atoms with Gasteiger partial charge in [0.25, 0.3) is 0 Å². The molecule has 0 spiro atoms. The largest absolute Gasteiger partial charge is 0.0616 e. The van der Waals surface area contributed by atoms with Crippen LogP contribution in [0.4, 0.5) is 0 Å². The van der Waals surface area contributed by atoms with Crippen molar-refractivity contribution in [2.24, 2.45) is 0 Å². The van der Waals surface area contributed by atoms with Crippen LogP contribution in [0.2, 0.25) is 0 Å². The summed E-state index contributed by atoms with van der Waals surface area (Å²) in [4.78, 5) is 0. The maximum atomic E-state index is 2.28. The minimum atomic E-state index is 1.32. The van der Waals surface area contributed by atoms with Crippen LogP contribution in [0.15, 0.2) is 109 Å². The van der Waals surface area contributed by atoms with E-state index >= 15 is 0 Å². The molecule has 0 atom stereocenters. The summed E-state index contributed by atoms with van der Waals surface area (Å²) in [6.45, 7) is 4.36. The number of rotatable bonds is 0. The predicted molar refractivity (Wildman–Crippen MR) is 132 cm³/mol. The third-order valence-electron chi connectivity index (χ3n) is 6.01. The van der Waals surface area contributed by atoms with Gasteiger partial charge in [-0.05, 0) is 86.3 Å². The van der Waals surface area contributed by atoms with E-state index in [2.05, 4.69) is 123 Å². The van der Waals surface area contributed by atoms with Gasteiger partial charge in [-0.3, -0.25) is 0 Å². The molecule has 0 nitrogen and oxygen atoms in total. The van der Waals surface area contributed by atoms with Crippen LogP contribution in [0.5, 0.6) is 0 Å². The molecule has 30 heavy (non-hydrogen) atoms. The minimum absolute atomic E-state index is 1.32. The van der Waals surface area contributed by atoms with E-state index in [1.54, 1.807) is 0 Å². The molecule has 0 unspecified atom stereocenters. The average molecular weight is 385 g/mol. The molecule has 6 aromatic rings. The maximum absolute atomic E-state index is 2.28. The van der Waals surface area contributed by atoms with Crippen LogP contribution in [-0.4, -0.2) is 0 Å². The normalized spacial score (nSPS) is 11.0. The van der Waals surface area contributed by atoms with Crippen LogP contribution < -0.4 is 0 Å². The molecule has 0 bridgehead atoms. The smallest absolute Gasteiger partial charge is 0.0148 e. The van der Waals surface area contributed by atoms with Gasteiger partial charge in [-0.1, -0.05) is 91.0 Å². The predicted octanol–water partition coefficient (Wildman–Crippen LogP) is 8.60. The summed E-state index contributed by atoms with van der Waals surface area (Å²) in [7, 11) is 0. The van der Waals surface area contributed by atoms with E-state index in [-0.39, 0.29) is 0 Å². The molecule has 0 saturated carbocycles. The SMILES string of the molecule is Cc1c2ccccc2cc2ccccc12.Cc1cccc2cc3ccccc3cc12. The minimum Gasteiger partial charge on any atom is -0.0616 e. The van der Waals surface area contributed by atoms with Crippen LogP contribution in [-0.2, 0) is 0 Å². The van der Waals surface area contributed by atoms with E-state index in [1.807, 2.05) is 0 Å². The fourth-order valence-corrected chi connectivity index (χ4v) is 4.36. The molecule has 0 saturated heterocycles. The Kier molecular flexibility index (Phi) is 4.69. The summed E-state index contributed by atoms with van der Waals surface area (Å²) in [5.41, 5.74) is 2.72. The van der Waals surface area contributed by atoms with Crippen molar-refractivity contribution in [3.8, 4) is 0 Å². The zero-order valence-corrected chi connectivity index (χ0v) is 17.4. The fraction of sp³-hybridized carbons (Fsp3) is 0.0667. The topological polar surface area (TPSA) is 0 Å². The molecule has 0 aliphatic rings. The molecule has 0 heteroatoms. The van der Waals surface area contributed by atoms with E-state index < -0.39 is 0 Å². The molecule has 6 rings (SSSR count). The number of aryl methyl sites for hydroxylation is 2. The van der Waals surface area contributed by atoms with Crippen molar-refractivity contribution in [1.82, 2.24) is 0 Å². The Hall–Kier alpha value is -3.64. The first-order valence-electron chi connectivity index (χ1n) is 10.5. The highest BCUT2D eigenvalue weighted by molar-refractivity contribution is 6.02. The molecule has 6 aromatic carbocycles. The Balaban J connectivity index is 0.000000128. The van der Waals surface area contributed by atoms with Gasteiger partial charge in [0.1, 0.15) is 0 Å². The summed E-state index contributed by atoms with van der Waals surface area (Å²) < 4.78 is 0. The fourth-order valence-electron chi connectivity index (χ4n) is 4.36. The standard InChI is InChI=1S/2C15H12/c1-11-14-8-4-2-6-12(14)10-13-7-3-5-9-15(11)13;1-11-5-4-8-14-9-12-6-2-3-7-13(12)10-15(11)14/h2*2-10H,1H3. The Labute approximate surface area is 177 Å². The quantitative estimate of drug-likeness (QED) is 0.230. The second-order valence-corrected chi connectivity index (χ2v) is 7.94. The average Bonchev–Trinajstić information content (AvgIpc) is 2.79. The highest BCUT2D eigenvalue weighted by Crippen LogP contribution is 2.27. The summed E-state index contributed by atoms with van der Waals surface area (Å²) >= 11 is 0. The van der Waals surface area contributed by atoms with Crippen LogP contribution in [0, 0.1) is 13.8 Å². The van der Waals surface area contributed by atoms with Gasteiger partial charge in [0.15, 0.2) is 0 Å². The van der Waals surface area contributed by atoms with Crippen LogP contribution >= 0.6 is 0 Å². The highest BCUT2D eigenvalue weighted by Gasteiger charge is 2.02. The molecular formula is C30H24.